The van der Waals surface area contributed by atoms with E-state index < -0.39 is 19.9 Å². The number of benzene rings is 2. The van der Waals surface area contributed by atoms with Gasteiger partial charge in [-0.15, -0.1) is 12.4 Å². The van der Waals surface area contributed by atoms with Gasteiger partial charge in [0, 0.05) is 38.0 Å². The summed E-state index contributed by atoms with van der Waals surface area (Å²) in [5.74, 6) is 0.0242. The third-order valence-corrected chi connectivity index (χ3v) is 11.2. The summed E-state index contributed by atoms with van der Waals surface area (Å²) in [5, 5.41) is 0.465. The Morgan fingerprint density at radius 1 is 1.02 bits per heavy atom. The van der Waals surface area contributed by atoms with Gasteiger partial charge in [-0.3, -0.25) is 9.69 Å². The lowest BCUT2D eigenvalue weighted by Gasteiger charge is -2.30. The highest BCUT2D eigenvalue weighted by molar-refractivity contribution is 7.90. The number of carbonyl (C=O) groups excluding carboxylic acids is 1. The van der Waals surface area contributed by atoms with Crippen LogP contribution in [-0.4, -0.2) is 82.5 Å². The molecule has 1 saturated heterocycles. The van der Waals surface area contributed by atoms with Gasteiger partial charge in [-0.05, 0) is 74.3 Å². The molecule has 1 amide bonds. The first-order valence-corrected chi connectivity index (χ1v) is 17.3. The van der Waals surface area contributed by atoms with Gasteiger partial charge in [0.1, 0.15) is 0 Å². The van der Waals surface area contributed by atoms with Gasteiger partial charge in [0.05, 0.1) is 20.0 Å². The van der Waals surface area contributed by atoms with Crippen LogP contribution in [0.1, 0.15) is 44.0 Å². The lowest BCUT2D eigenvalue weighted by molar-refractivity contribution is 0.0983. The number of nitrogens with zero attached hydrogens (tertiary/aromatic N) is 4. The van der Waals surface area contributed by atoms with Gasteiger partial charge in [0.15, 0.2) is 15.0 Å². The van der Waals surface area contributed by atoms with Gasteiger partial charge in [0.25, 0.3) is 5.91 Å². The van der Waals surface area contributed by atoms with Crippen molar-refractivity contribution in [2.45, 2.75) is 43.4 Å². The zero-order chi connectivity index (χ0) is 28.4. The molecule has 1 unspecified atom stereocenters. The molecule has 0 spiro atoms. The predicted molar refractivity (Wildman–Crippen MR) is 163 cm³/mol. The minimum atomic E-state index is -3.63. The molecule has 1 atom stereocenters. The van der Waals surface area contributed by atoms with Crippen molar-refractivity contribution in [1.29, 1.82) is 0 Å². The molecular weight excluding hydrogens is 592 g/mol. The summed E-state index contributed by atoms with van der Waals surface area (Å²) in [5.41, 5.74) is 0.969. The minimum Gasteiger partial charge on any atom is -0.302 e. The number of thiazole rings is 1. The van der Waals surface area contributed by atoms with E-state index in [1.807, 2.05) is 0 Å². The Balaban J connectivity index is 0.00000441. The van der Waals surface area contributed by atoms with Gasteiger partial charge < -0.3 is 4.90 Å². The van der Waals surface area contributed by atoms with Crippen LogP contribution in [0.2, 0.25) is 0 Å². The first-order chi connectivity index (χ1) is 18.4. The highest BCUT2D eigenvalue weighted by Gasteiger charge is 2.29. The fourth-order valence-electron chi connectivity index (χ4n) is 4.74. The van der Waals surface area contributed by atoms with Crippen LogP contribution in [0.25, 0.3) is 10.2 Å². The molecule has 220 valence electrons. The Morgan fingerprint density at radius 3 is 2.27 bits per heavy atom. The Morgan fingerprint density at radius 2 is 1.68 bits per heavy atom. The van der Waals surface area contributed by atoms with E-state index in [1.54, 1.807) is 29.2 Å². The van der Waals surface area contributed by atoms with Crippen LogP contribution < -0.4 is 4.90 Å². The summed E-state index contributed by atoms with van der Waals surface area (Å²) in [6, 6.07) is 10.9. The van der Waals surface area contributed by atoms with Gasteiger partial charge in [-0.2, -0.15) is 4.31 Å². The molecule has 3 aromatic rings. The molecule has 0 aliphatic carbocycles. The van der Waals surface area contributed by atoms with Gasteiger partial charge in [-0.25, -0.2) is 21.8 Å². The average molecular weight is 629 g/mol. The van der Waals surface area contributed by atoms with Crippen molar-refractivity contribution in [1.82, 2.24) is 14.2 Å². The molecule has 4 rings (SSSR count). The Labute approximate surface area is 247 Å². The summed E-state index contributed by atoms with van der Waals surface area (Å²) < 4.78 is 52.6. The Kier molecular flexibility index (Phi) is 10.7. The fourth-order valence-corrected chi connectivity index (χ4v) is 8.09. The molecular formula is C27H37ClN4O5S3. The molecule has 0 saturated carbocycles. The van der Waals surface area contributed by atoms with E-state index in [0.717, 1.165) is 32.2 Å². The fraction of sp³-hybridized carbons (Fsp3) is 0.481. The van der Waals surface area contributed by atoms with Gasteiger partial charge >= 0.3 is 0 Å². The van der Waals surface area contributed by atoms with E-state index in [-0.39, 0.29) is 28.1 Å². The first-order valence-electron chi connectivity index (χ1n) is 13.2. The molecule has 0 bridgehead atoms. The number of halogens is 1. The predicted octanol–water partition coefficient (Wildman–Crippen LogP) is 4.53. The number of sulfone groups is 1. The van der Waals surface area contributed by atoms with E-state index in [2.05, 4.69) is 30.7 Å². The highest BCUT2D eigenvalue weighted by atomic mass is 35.5. The van der Waals surface area contributed by atoms with Crippen LogP contribution in [0.4, 0.5) is 5.13 Å². The SMILES string of the molecule is CCN(CC)CCN(C(=O)c1ccc(S(=O)(=O)N2CCCC(C)C2)cc1)c1nc2ccc(S(C)(=O)=O)cc2s1.Cl. The summed E-state index contributed by atoms with van der Waals surface area (Å²) in [4.78, 5) is 22.6. The molecule has 13 heteroatoms. The van der Waals surface area contributed by atoms with Crippen LogP contribution >= 0.6 is 23.7 Å². The number of rotatable bonds is 10. The standard InChI is InChI=1S/C27H36N4O5S3.ClH/c1-5-29(6-2)16-17-31(27-28-24-14-13-23(38(4,33)34)18-25(24)37-27)26(32)21-9-11-22(12-10-21)39(35,36)30-15-7-8-20(3)19-30;/h9-14,18,20H,5-8,15-17,19H2,1-4H3;1H. The third-order valence-electron chi connectivity index (χ3n) is 7.15. The molecule has 40 heavy (non-hydrogen) atoms. The maximum atomic E-state index is 13.8. The molecule has 0 radical (unpaired) electrons. The minimum absolute atomic E-state index is 0. The molecule has 0 N–H and O–H groups in total. The molecule has 1 fully saturated rings. The van der Waals surface area contributed by atoms with E-state index >= 15 is 0 Å². The number of carbonyl (C=O) groups is 1. The average Bonchev–Trinajstić information content (AvgIpc) is 3.33. The quantitative estimate of drug-likeness (QED) is 0.325. The zero-order valence-corrected chi connectivity index (χ0v) is 26.5. The van der Waals surface area contributed by atoms with Crippen molar-refractivity contribution in [2.24, 2.45) is 5.92 Å². The Bertz CT molecular complexity index is 1540. The summed E-state index contributed by atoms with van der Waals surface area (Å²) in [6.07, 6.45) is 3.02. The van der Waals surface area contributed by atoms with Crippen LogP contribution in [0.3, 0.4) is 0 Å². The molecule has 1 aliphatic rings. The third kappa shape index (κ3) is 7.21. The molecule has 1 aromatic heterocycles. The van der Waals surface area contributed by atoms with Crippen molar-refractivity contribution in [2.75, 3.05) is 50.4 Å². The number of hydrogen-bond donors (Lipinski definition) is 0. The summed E-state index contributed by atoms with van der Waals surface area (Å²) in [7, 11) is -7.01. The number of fused-ring (bicyclic) bond motifs is 1. The maximum absolute atomic E-state index is 13.8. The molecule has 9 nitrogen and oxygen atoms in total. The van der Waals surface area contributed by atoms with Crippen molar-refractivity contribution < 1.29 is 21.6 Å². The van der Waals surface area contributed by atoms with E-state index in [4.69, 9.17) is 0 Å². The monoisotopic (exact) mass is 628 g/mol. The number of hydrogen-bond acceptors (Lipinski definition) is 8. The zero-order valence-electron chi connectivity index (χ0n) is 23.2. The van der Waals surface area contributed by atoms with E-state index in [1.165, 1.54) is 33.8 Å². The highest BCUT2D eigenvalue weighted by Crippen LogP contribution is 2.32. The molecule has 2 heterocycles. The normalized spacial score (nSPS) is 16.7. The van der Waals surface area contributed by atoms with Crippen molar-refractivity contribution in [3.8, 4) is 0 Å². The van der Waals surface area contributed by atoms with Gasteiger partial charge in [0.2, 0.25) is 10.0 Å². The molecule has 2 aromatic carbocycles. The van der Waals surface area contributed by atoms with Crippen molar-refractivity contribution in [3.63, 3.8) is 0 Å². The Hall–Kier alpha value is -2.09. The lowest BCUT2D eigenvalue weighted by Crippen LogP contribution is -2.39. The second kappa shape index (κ2) is 13.3. The van der Waals surface area contributed by atoms with Crippen molar-refractivity contribution >= 4 is 64.9 Å². The number of sulfonamides is 1. The smallest absolute Gasteiger partial charge is 0.260 e. The number of likely N-dealkylation sites (N-methyl/N-ethyl adjacent to an activating group) is 1. The number of aromatic nitrogens is 1. The van der Waals surface area contributed by atoms with Crippen LogP contribution in [0, 0.1) is 5.92 Å². The second-order valence-corrected chi connectivity index (χ2v) is 15.0. The van der Waals surface area contributed by atoms with Crippen LogP contribution in [-0.2, 0) is 19.9 Å². The van der Waals surface area contributed by atoms with Gasteiger partial charge in [-0.1, -0.05) is 32.1 Å². The van der Waals surface area contributed by atoms with Crippen molar-refractivity contribution in [3.05, 3.63) is 48.0 Å². The molecule has 1 aliphatic heterocycles. The summed E-state index contributed by atoms with van der Waals surface area (Å²) >= 11 is 1.26. The maximum Gasteiger partial charge on any atom is 0.260 e. The van der Waals surface area contributed by atoms with Crippen LogP contribution in [0.15, 0.2) is 52.3 Å². The lowest BCUT2D eigenvalue weighted by atomic mass is 10.0. The topological polar surface area (TPSA) is 108 Å². The van der Waals surface area contributed by atoms with Crippen LogP contribution in [0.5, 0.6) is 0 Å². The number of piperidine rings is 1. The number of anilines is 1. The largest absolute Gasteiger partial charge is 0.302 e. The second-order valence-electron chi connectivity index (χ2n) is 10.0. The van der Waals surface area contributed by atoms with E-state index in [0.29, 0.717) is 53.0 Å². The first kappa shape index (κ1) is 32.4. The van der Waals surface area contributed by atoms with E-state index in [9.17, 15) is 21.6 Å². The number of amides is 1. The summed E-state index contributed by atoms with van der Waals surface area (Å²) in [6.45, 7) is 9.85.